The summed E-state index contributed by atoms with van der Waals surface area (Å²) in [6.45, 7) is 3.28. The standard InChI is InChI=1S/C21H19N5O4S/c1-11(19(27)24-21-26-25-12(2)31-21)30-20(28)14-6-9-16-17(10-14)23-18(22-16)13-4-7-15(29-3)8-5-13/h4-11H,1-3H3,(H,22,23)(H,24,26,27). The third-order valence-corrected chi connectivity index (χ3v) is 5.24. The molecular formula is C21H19N5O4S. The van der Waals surface area contributed by atoms with Crippen LogP contribution >= 0.6 is 11.3 Å². The SMILES string of the molecule is COc1ccc(-c2nc3ccc(C(=O)OC(C)C(=O)Nc4nnc(C)s4)cc3[nH]2)cc1. The number of hydrogen-bond donors (Lipinski definition) is 2. The Balaban J connectivity index is 1.47. The fourth-order valence-corrected chi connectivity index (χ4v) is 3.45. The van der Waals surface area contributed by atoms with Gasteiger partial charge in [-0.05, 0) is 56.3 Å². The van der Waals surface area contributed by atoms with Gasteiger partial charge in [-0.1, -0.05) is 11.3 Å². The number of esters is 1. The Morgan fingerprint density at radius 1 is 1.13 bits per heavy atom. The number of fused-ring (bicyclic) bond motifs is 1. The smallest absolute Gasteiger partial charge is 0.338 e. The van der Waals surface area contributed by atoms with Crippen molar-refractivity contribution >= 4 is 39.4 Å². The van der Waals surface area contributed by atoms with Crippen molar-refractivity contribution in [1.29, 1.82) is 0 Å². The lowest BCUT2D eigenvalue weighted by molar-refractivity contribution is -0.123. The first-order valence-corrected chi connectivity index (χ1v) is 10.2. The van der Waals surface area contributed by atoms with E-state index in [9.17, 15) is 9.59 Å². The molecule has 1 amide bonds. The van der Waals surface area contributed by atoms with Crippen LogP contribution in [-0.4, -0.2) is 45.3 Å². The first-order valence-electron chi connectivity index (χ1n) is 9.39. The molecule has 2 aromatic heterocycles. The molecule has 0 aliphatic carbocycles. The summed E-state index contributed by atoms with van der Waals surface area (Å²) in [4.78, 5) is 32.5. The van der Waals surface area contributed by atoms with Crippen LogP contribution in [0.3, 0.4) is 0 Å². The molecule has 0 aliphatic rings. The first kappa shape index (κ1) is 20.5. The Kier molecular flexibility index (Phi) is 5.63. The largest absolute Gasteiger partial charge is 0.497 e. The highest BCUT2D eigenvalue weighted by Crippen LogP contribution is 2.24. The zero-order chi connectivity index (χ0) is 22.0. The van der Waals surface area contributed by atoms with Gasteiger partial charge in [-0.15, -0.1) is 10.2 Å². The number of imidazole rings is 1. The summed E-state index contributed by atoms with van der Waals surface area (Å²) in [5, 5.41) is 11.3. The molecule has 1 atom stereocenters. The molecule has 1 unspecified atom stereocenters. The molecule has 0 spiro atoms. The van der Waals surface area contributed by atoms with E-state index in [1.807, 2.05) is 24.3 Å². The monoisotopic (exact) mass is 437 g/mol. The fourth-order valence-electron chi connectivity index (χ4n) is 2.86. The van der Waals surface area contributed by atoms with Crippen LogP contribution in [0.25, 0.3) is 22.4 Å². The number of methoxy groups -OCH3 is 1. The van der Waals surface area contributed by atoms with E-state index in [2.05, 4.69) is 25.5 Å². The predicted octanol–water partition coefficient (Wildman–Crippen LogP) is 3.58. The van der Waals surface area contributed by atoms with E-state index < -0.39 is 18.0 Å². The molecule has 0 bridgehead atoms. The summed E-state index contributed by atoms with van der Waals surface area (Å²) >= 11 is 1.24. The molecular weight excluding hydrogens is 418 g/mol. The maximum absolute atomic E-state index is 12.5. The van der Waals surface area contributed by atoms with Crippen LogP contribution in [0.4, 0.5) is 5.13 Å². The lowest BCUT2D eigenvalue weighted by atomic mass is 10.2. The topological polar surface area (TPSA) is 119 Å². The molecule has 0 fully saturated rings. The van der Waals surface area contributed by atoms with E-state index in [4.69, 9.17) is 9.47 Å². The number of ether oxygens (including phenoxy) is 2. The van der Waals surface area contributed by atoms with E-state index in [-0.39, 0.29) is 0 Å². The van der Waals surface area contributed by atoms with Crippen molar-refractivity contribution in [3.63, 3.8) is 0 Å². The number of hydrogen-bond acceptors (Lipinski definition) is 8. The number of aryl methyl sites for hydroxylation is 1. The van der Waals surface area contributed by atoms with Crippen molar-refractivity contribution in [2.75, 3.05) is 12.4 Å². The molecule has 4 rings (SSSR count). The van der Waals surface area contributed by atoms with Gasteiger partial charge in [0.05, 0.1) is 23.7 Å². The van der Waals surface area contributed by atoms with Crippen LogP contribution in [0, 0.1) is 6.92 Å². The maximum atomic E-state index is 12.5. The Morgan fingerprint density at radius 2 is 1.90 bits per heavy atom. The third-order valence-electron chi connectivity index (χ3n) is 4.49. The lowest BCUT2D eigenvalue weighted by Gasteiger charge is -2.12. The van der Waals surface area contributed by atoms with E-state index in [1.54, 1.807) is 32.2 Å². The Labute approximate surface area is 181 Å². The van der Waals surface area contributed by atoms with Gasteiger partial charge in [-0.3, -0.25) is 10.1 Å². The molecule has 9 nitrogen and oxygen atoms in total. The number of carbonyl (C=O) groups excluding carboxylic acids is 2. The Morgan fingerprint density at radius 3 is 2.58 bits per heavy atom. The average molecular weight is 437 g/mol. The zero-order valence-corrected chi connectivity index (χ0v) is 17.8. The molecule has 2 N–H and O–H groups in total. The van der Waals surface area contributed by atoms with Gasteiger partial charge in [-0.2, -0.15) is 0 Å². The minimum absolute atomic E-state index is 0.309. The second-order valence-corrected chi connectivity index (χ2v) is 7.89. The maximum Gasteiger partial charge on any atom is 0.338 e. The van der Waals surface area contributed by atoms with Crippen LogP contribution in [0.1, 0.15) is 22.3 Å². The van der Waals surface area contributed by atoms with E-state index >= 15 is 0 Å². The number of amides is 1. The molecule has 2 aromatic carbocycles. The van der Waals surface area contributed by atoms with E-state index in [0.717, 1.165) is 16.3 Å². The minimum atomic E-state index is -0.996. The van der Waals surface area contributed by atoms with Crippen LogP contribution < -0.4 is 10.1 Å². The summed E-state index contributed by atoms with van der Waals surface area (Å²) in [7, 11) is 1.61. The van der Waals surface area contributed by atoms with Gasteiger partial charge in [0.25, 0.3) is 5.91 Å². The first-order chi connectivity index (χ1) is 14.9. The summed E-state index contributed by atoms with van der Waals surface area (Å²) in [5.41, 5.74) is 2.59. The van der Waals surface area contributed by atoms with Gasteiger partial charge in [0, 0.05) is 5.56 Å². The number of benzene rings is 2. The number of rotatable bonds is 6. The van der Waals surface area contributed by atoms with Gasteiger partial charge in [0.1, 0.15) is 16.6 Å². The molecule has 31 heavy (non-hydrogen) atoms. The molecule has 0 aliphatic heterocycles. The van der Waals surface area contributed by atoms with Crippen molar-refractivity contribution in [1.82, 2.24) is 20.2 Å². The molecule has 0 radical (unpaired) electrons. The third kappa shape index (κ3) is 4.53. The number of nitrogens with one attached hydrogen (secondary N) is 2. The van der Waals surface area contributed by atoms with Crippen molar-refractivity contribution in [3.05, 3.63) is 53.0 Å². The molecule has 4 aromatic rings. The summed E-state index contributed by atoms with van der Waals surface area (Å²) in [5.74, 6) is 0.333. The number of aromatic amines is 1. The van der Waals surface area contributed by atoms with Gasteiger partial charge >= 0.3 is 5.97 Å². The van der Waals surface area contributed by atoms with E-state index in [1.165, 1.54) is 18.3 Å². The summed E-state index contributed by atoms with van der Waals surface area (Å²) in [6, 6.07) is 12.5. The second kappa shape index (κ2) is 8.52. The van der Waals surface area contributed by atoms with Crippen molar-refractivity contribution in [2.45, 2.75) is 20.0 Å². The molecule has 0 saturated heterocycles. The Bertz CT molecular complexity index is 1250. The van der Waals surface area contributed by atoms with Crippen molar-refractivity contribution < 1.29 is 19.1 Å². The highest BCUT2D eigenvalue weighted by Gasteiger charge is 2.21. The fraction of sp³-hybridized carbons (Fsp3) is 0.190. The van der Waals surface area contributed by atoms with E-state index in [0.29, 0.717) is 27.6 Å². The average Bonchev–Trinajstić information content (AvgIpc) is 3.38. The Hall–Kier alpha value is -3.79. The van der Waals surface area contributed by atoms with Gasteiger partial charge in [0.2, 0.25) is 5.13 Å². The van der Waals surface area contributed by atoms with Crippen molar-refractivity contribution in [3.8, 4) is 17.1 Å². The number of anilines is 1. The molecule has 10 heteroatoms. The minimum Gasteiger partial charge on any atom is -0.497 e. The highest BCUT2D eigenvalue weighted by molar-refractivity contribution is 7.15. The van der Waals surface area contributed by atoms with Crippen LogP contribution in [0.5, 0.6) is 5.75 Å². The number of aromatic nitrogens is 4. The predicted molar refractivity (Wildman–Crippen MR) is 116 cm³/mol. The van der Waals surface area contributed by atoms with Crippen LogP contribution in [-0.2, 0) is 9.53 Å². The molecule has 158 valence electrons. The normalized spacial score (nSPS) is 11.8. The summed E-state index contributed by atoms with van der Waals surface area (Å²) in [6.07, 6.45) is -0.996. The lowest BCUT2D eigenvalue weighted by Crippen LogP contribution is -2.30. The second-order valence-electron chi connectivity index (χ2n) is 6.71. The summed E-state index contributed by atoms with van der Waals surface area (Å²) < 4.78 is 10.5. The molecule has 0 saturated carbocycles. The van der Waals surface area contributed by atoms with Crippen LogP contribution in [0.15, 0.2) is 42.5 Å². The number of nitrogens with zero attached hydrogens (tertiary/aromatic N) is 3. The number of H-pyrrole nitrogens is 1. The van der Waals surface area contributed by atoms with Gasteiger partial charge in [-0.25, -0.2) is 9.78 Å². The van der Waals surface area contributed by atoms with Gasteiger partial charge < -0.3 is 14.5 Å². The van der Waals surface area contributed by atoms with Gasteiger partial charge in [0.15, 0.2) is 6.10 Å². The van der Waals surface area contributed by atoms with Crippen LogP contribution in [0.2, 0.25) is 0 Å². The molecule has 2 heterocycles. The number of carbonyl (C=O) groups is 2. The quantitative estimate of drug-likeness (QED) is 0.443. The van der Waals surface area contributed by atoms with Crippen molar-refractivity contribution in [2.24, 2.45) is 0 Å². The highest BCUT2D eigenvalue weighted by atomic mass is 32.1. The zero-order valence-electron chi connectivity index (χ0n) is 17.0.